The third-order valence-electron chi connectivity index (χ3n) is 6.04. The molecule has 0 saturated carbocycles. The minimum Gasteiger partial charge on any atom is -0.490 e. The van der Waals surface area contributed by atoms with Gasteiger partial charge in [0.25, 0.3) is 5.91 Å². The molecule has 8 nitrogen and oxygen atoms in total. The quantitative estimate of drug-likeness (QED) is 0.680. The van der Waals surface area contributed by atoms with Crippen LogP contribution in [0.1, 0.15) is 48.0 Å². The molecule has 0 spiro atoms. The number of benzene rings is 1. The molecule has 168 valence electrons. The van der Waals surface area contributed by atoms with Crippen LogP contribution in [-0.4, -0.2) is 80.8 Å². The molecular weight excluding hydrogens is 398 g/mol. The van der Waals surface area contributed by atoms with Gasteiger partial charge in [-0.3, -0.25) is 9.59 Å². The van der Waals surface area contributed by atoms with Crippen LogP contribution in [0.25, 0.3) is 0 Å². The molecule has 1 aromatic carbocycles. The Morgan fingerprint density at radius 1 is 1.13 bits per heavy atom. The van der Waals surface area contributed by atoms with Crippen molar-refractivity contribution in [2.24, 2.45) is 0 Å². The summed E-state index contributed by atoms with van der Waals surface area (Å²) in [5, 5.41) is 9.27. The van der Waals surface area contributed by atoms with Gasteiger partial charge >= 0.3 is 0 Å². The van der Waals surface area contributed by atoms with E-state index >= 15 is 0 Å². The normalized spacial score (nSPS) is 26.1. The molecule has 1 fully saturated rings. The maximum atomic E-state index is 13.1. The van der Waals surface area contributed by atoms with Crippen LogP contribution < -0.4 is 4.74 Å². The largest absolute Gasteiger partial charge is 0.490 e. The maximum Gasteiger partial charge on any atom is 0.257 e. The lowest BCUT2D eigenvalue weighted by Gasteiger charge is -2.36. The summed E-state index contributed by atoms with van der Waals surface area (Å²) in [4.78, 5) is 28.8. The second kappa shape index (κ2) is 10.6. The van der Waals surface area contributed by atoms with Crippen LogP contribution in [0.4, 0.5) is 0 Å². The molecule has 1 saturated heterocycles. The number of methoxy groups -OCH3 is 1. The first kappa shape index (κ1) is 23.0. The number of fused-ring (bicyclic) bond motifs is 3. The number of carbonyl (C=O) groups excluding carboxylic acids is 2. The lowest BCUT2D eigenvalue weighted by molar-refractivity contribution is -0.145. The average Bonchev–Trinajstić information content (AvgIpc) is 2.79. The molecule has 31 heavy (non-hydrogen) atoms. The number of hydrogen-bond donors (Lipinski definition) is 0. The van der Waals surface area contributed by atoms with Gasteiger partial charge in [-0.1, -0.05) is 0 Å². The summed E-state index contributed by atoms with van der Waals surface area (Å²) < 4.78 is 17.9. The molecule has 0 N–H and O–H groups in total. The van der Waals surface area contributed by atoms with Crippen molar-refractivity contribution in [3.8, 4) is 11.8 Å². The highest BCUT2D eigenvalue weighted by Crippen LogP contribution is 2.27. The van der Waals surface area contributed by atoms with Gasteiger partial charge in [0, 0.05) is 40.7 Å². The zero-order chi connectivity index (χ0) is 22.4. The van der Waals surface area contributed by atoms with E-state index in [4.69, 9.17) is 14.2 Å². The third kappa shape index (κ3) is 5.75. The number of carbonyl (C=O) groups is 2. The third-order valence-corrected chi connectivity index (χ3v) is 6.04. The van der Waals surface area contributed by atoms with Crippen LogP contribution in [0.3, 0.4) is 0 Å². The molecule has 0 aromatic heterocycles. The maximum absolute atomic E-state index is 13.1. The predicted octanol–water partition coefficient (Wildman–Crippen LogP) is 2.21. The van der Waals surface area contributed by atoms with E-state index < -0.39 is 0 Å². The van der Waals surface area contributed by atoms with Crippen LogP contribution in [0.15, 0.2) is 18.2 Å². The molecule has 0 radical (unpaired) electrons. The van der Waals surface area contributed by atoms with Crippen molar-refractivity contribution in [3.05, 3.63) is 29.3 Å². The van der Waals surface area contributed by atoms with Crippen molar-refractivity contribution < 1.29 is 23.8 Å². The SMILES string of the molecule is CO[C@@H]1CC[C@H]2CCN(C)C(=O)CCCN(C)C(=O)c3cc(C#N)ccc3OC[C@@H]1O2. The first-order valence-corrected chi connectivity index (χ1v) is 10.8. The fraction of sp³-hybridized carbons (Fsp3) is 0.609. The molecule has 2 aliphatic heterocycles. The Hall–Kier alpha value is -2.63. The van der Waals surface area contributed by atoms with Crippen molar-refractivity contribution in [2.45, 2.75) is 50.4 Å². The van der Waals surface area contributed by atoms with Gasteiger partial charge in [-0.15, -0.1) is 0 Å². The van der Waals surface area contributed by atoms with Gasteiger partial charge < -0.3 is 24.0 Å². The minimum absolute atomic E-state index is 0.0244. The summed E-state index contributed by atoms with van der Waals surface area (Å²) in [6, 6.07) is 6.92. The first-order chi connectivity index (χ1) is 14.9. The van der Waals surface area contributed by atoms with Gasteiger partial charge in [0.1, 0.15) is 18.5 Å². The van der Waals surface area contributed by atoms with Gasteiger partial charge in [0.2, 0.25) is 5.91 Å². The second-order valence-electron chi connectivity index (χ2n) is 8.22. The molecule has 2 amide bonds. The summed E-state index contributed by atoms with van der Waals surface area (Å²) in [7, 11) is 5.16. The fourth-order valence-corrected chi connectivity index (χ4v) is 4.06. The van der Waals surface area contributed by atoms with Crippen LogP contribution >= 0.6 is 0 Å². The second-order valence-corrected chi connectivity index (χ2v) is 8.22. The van der Waals surface area contributed by atoms with E-state index in [1.807, 2.05) is 0 Å². The van der Waals surface area contributed by atoms with Gasteiger partial charge in [-0.05, 0) is 43.9 Å². The number of hydrogen-bond acceptors (Lipinski definition) is 6. The van der Waals surface area contributed by atoms with E-state index in [1.54, 1.807) is 49.2 Å². The van der Waals surface area contributed by atoms with Crippen molar-refractivity contribution in [1.29, 1.82) is 5.26 Å². The van der Waals surface area contributed by atoms with Crippen molar-refractivity contribution in [3.63, 3.8) is 0 Å². The molecular formula is C23H31N3O5. The van der Waals surface area contributed by atoms with Crippen LogP contribution in [0.5, 0.6) is 5.75 Å². The zero-order valence-electron chi connectivity index (χ0n) is 18.5. The van der Waals surface area contributed by atoms with Gasteiger partial charge in [-0.25, -0.2) is 0 Å². The van der Waals surface area contributed by atoms with Crippen molar-refractivity contribution in [1.82, 2.24) is 9.80 Å². The monoisotopic (exact) mass is 429 g/mol. The molecule has 0 aliphatic carbocycles. The number of ether oxygens (including phenoxy) is 3. The summed E-state index contributed by atoms with van der Waals surface area (Å²) in [5.41, 5.74) is 0.720. The number of rotatable bonds is 1. The fourth-order valence-electron chi connectivity index (χ4n) is 4.06. The van der Waals surface area contributed by atoms with E-state index in [0.717, 1.165) is 19.3 Å². The molecule has 3 atom stereocenters. The smallest absolute Gasteiger partial charge is 0.257 e. The lowest BCUT2D eigenvalue weighted by Crippen LogP contribution is -2.44. The highest BCUT2D eigenvalue weighted by molar-refractivity contribution is 5.97. The average molecular weight is 430 g/mol. The van der Waals surface area contributed by atoms with E-state index in [0.29, 0.717) is 42.8 Å². The summed E-state index contributed by atoms with van der Waals surface area (Å²) >= 11 is 0. The predicted molar refractivity (Wildman–Crippen MR) is 114 cm³/mol. The molecule has 0 unspecified atom stereocenters. The highest BCUT2D eigenvalue weighted by atomic mass is 16.6. The van der Waals surface area contributed by atoms with Crippen LogP contribution in [-0.2, 0) is 14.3 Å². The van der Waals surface area contributed by atoms with Crippen molar-refractivity contribution >= 4 is 11.8 Å². The Morgan fingerprint density at radius 2 is 1.94 bits per heavy atom. The molecule has 8 heteroatoms. The molecule has 2 bridgehead atoms. The molecule has 3 rings (SSSR count). The Balaban J connectivity index is 1.87. The Labute approximate surface area is 183 Å². The summed E-state index contributed by atoms with van der Waals surface area (Å²) in [5.74, 6) is 0.232. The standard InChI is InChI=1S/C23H31N3O5/c1-25-12-10-17-7-9-20(29-3)21(31-17)15-30-19-8-6-16(14-24)13-18(19)23(28)26(2)11-4-5-22(25)27/h6,8,13,17,20-21H,4-5,7,9-12,15H2,1-3H3/t17-,20+,21-/m0/s1. The Morgan fingerprint density at radius 3 is 2.68 bits per heavy atom. The minimum atomic E-state index is -0.283. The Kier molecular flexibility index (Phi) is 7.88. The molecule has 2 heterocycles. The van der Waals surface area contributed by atoms with E-state index in [9.17, 15) is 14.9 Å². The molecule has 2 aliphatic rings. The van der Waals surface area contributed by atoms with Gasteiger partial charge in [0.15, 0.2) is 0 Å². The van der Waals surface area contributed by atoms with E-state index in [1.165, 1.54) is 0 Å². The van der Waals surface area contributed by atoms with Crippen LogP contribution in [0, 0.1) is 11.3 Å². The lowest BCUT2D eigenvalue weighted by atomic mass is 9.99. The molecule has 1 aromatic rings. The summed E-state index contributed by atoms with van der Waals surface area (Å²) in [6.07, 6.45) is 3.04. The Bertz CT molecular complexity index is 837. The zero-order valence-corrected chi connectivity index (χ0v) is 18.5. The van der Waals surface area contributed by atoms with E-state index in [-0.39, 0.29) is 36.7 Å². The number of nitrogens with zero attached hydrogens (tertiary/aromatic N) is 3. The van der Waals surface area contributed by atoms with Crippen molar-refractivity contribution in [2.75, 3.05) is 40.9 Å². The van der Waals surface area contributed by atoms with Gasteiger partial charge in [0.05, 0.1) is 29.4 Å². The summed E-state index contributed by atoms with van der Waals surface area (Å²) in [6.45, 7) is 1.30. The van der Waals surface area contributed by atoms with Gasteiger partial charge in [-0.2, -0.15) is 5.26 Å². The first-order valence-electron chi connectivity index (χ1n) is 10.8. The van der Waals surface area contributed by atoms with E-state index in [2.05, 4.69) is 6.07 Å². The topological polar surface area (TPSA) is 92.1 Å². The number of amides is 2. The highest BCUT2D eigenvalue weighted by Gasteiger charge is 2.32. The van der Waals surface area contributed by atoms with Crippen LogP contribution in [0.2, 0.25) is 0 Å². The number of nitriles is 1.